The third-order valence-corrected chi connectivity index (χ3v) is 3.04. The first-order valence-corrected chi connectivity index (χ1v) is 7.82. The van der Waals surface area contributed by atoms with Gasteiger partial charge >= 0.3 is 0 Å². The summed E-state index contributed by atoms with van der Waals surface area (Å²) in [5, 5.41) is 6.60. The molecule has 0 heterocycles. The average molecular weight is 281 g/mol. The van der Waals surface area contributed by atoms with E-state index in [4.69, 9.17) is 12.2 Å². The number of thiocarbonyl (C=S) groups is 1. The average Bonchev–Trinajstić information content (AvgIpc) is 2.07. The van der Waals surface area contributed by atoms with Crippen LogP contribution in [0.5, 0.6) is 0 Å². The minimum atomic E-state index is -3.21. The summed E-state index contributed by atoms with van der Waals surface area (Å²) in [5.41, 5.74) is -0.572. The van der Waals surface area contributed by atoms with E-state index in [1.807, 2.05) is 0 Å². The van der Waals surface area contributed by atoms with Gasteiger partial charge in [-0.1, -0.05) is 13.8 Å². The highest BCUT2D eigenvalue weighted by molar-refractivity contribution is 7.88. The van der Waals surface area contributed by atoms with Gasteiger partial charge in [0.2, 0.25) is 10.0 Å². The predicted molar refractivity (Wildman–Crippen MR) is 75.5 cm³/mol. The van der Waals surface area contributed by atoms with Gasteiger partial charge in [0.1, 0.15) is 0 Å². The molecule has 5 nitrogen and oxygen atoms in total. The third kappa shape index (κ3) is 10.5. The topological polar surface area (TPSA) is 70.2 Å². The van der Waals surface area contributed by atoms with Crippen molar-refractivity contribution in [1.82, 2.24) is 15.4 Å². The first-order chi connectivity index (χ1) is 7.52. The summed E-state index contributed by atoms with van der Waals surface area (Å²) in [7, 11) is -3.21. The normalized spacial score (nSPS) is 12.6. The van der Waals surface area contributed by atoms with Crippen LogP contribution >= 0.6 is 12.2 Å². The van der Waals surface area contributed by atoms with Gasteiger partial charge < -0.3 is 10.6 Å². The molecule has 7 heteroatoms. The van der Waals surface area contributed by atoms with Crippen LogP contribution in [0.2, 0.25) is 0 Å². The van der Waals surface area contributed by atoms with E-state index in [0.29, 0.717) is 17.6 Å². The minimum absolute atomic E-state index is 0.435. The molecule has 0 amide bonds. The van der Waals surface area contributed by atoms with E-state index in [-0.39, 0.29) is 0 Å². The highest BCUT2D eigenvalue weighted by atomic mass is 32.2. The van der Waals surface area contributed by atoms with Crippen LogP contribution in [0.4, 0.5) is 0 Å². The Hall–Kier alpha value is -0.400. The lowest BCUT2D eigenvalue weighted by Crippen LogP contribution is -2.52. The molecule has 0 unspecified atom stereocenters. The van der Waals surface area contributed by atoms with E-state index >= 15 is 0 Å². The molecule has 0 atom stereocenters. The Morgan fingerprint density at radius 1 is 1.29 bits per heavy atom. The van der Waals surface area contributed by atoms with Crippen molar-refractivity contribution >= 4 is 27.4 Å². The maximum Gasteiger partial charge on any atom is 0.209 e. The molecule has 0 fully saturated rings. The molecular formula is C10H23N3O2S2. The summed E-state index contributed by atoms with van der Waals surface area (Å²) in [6.07, 6.45) is 1.14. The Morgan fingerprint density at radius 3 is 2.24 bits per heavy atom. The van der Waals surface area contributed by atoms with E-state index in [9.17, 15) is 8.42 Å². The zero-order valence-corrected chi connectivity index (χ0v) is 12.8. The molecular weight excluding hydrogens is 258 g/mol. The van der Waals surface area contributed by atoms with E-state index < -0.39 is 15.6 Å². The van der Waals surface area contributed by atoms with Gasteiger partial charge in [0.25, 0.3) is 0 Å². The van der Waals surface area contributed by atoms with Gasteiger partial charge in [-0.15, -0.1) is 0 Å². The number of sulfonamides is 1. The number of hydrogen-bond acceptors (Lipinski definition) is 3. The Balaban J connectivity index is 4.05. The molecule has 0 bridgehead atoms. The Morgan fingerprint density at radius 2 is 1.82 bits per heavy atom. The van der Waals surface area contributed by atoms with Crippen LogP contribution in [-0.2, 0) is 10.0 Å². The Bertz CT molecular complexity index is 351. The van der Waals surface area contributed by atoms with Gasteiger partial charge in [0, 0.05) is 18.6 Å². The maximum absolute atomic E-state index is 11.1. The van der Waals surface area contributed by atoms with E-state index in [1.165, 1.54) is 0 Å². The molecule has 0 aliphatic carbocycles. The molecule has 0 saturated carbocycles. The summed E-state index contributed by atoms with van der Waals surface area (Å²) in [4.78, 5) is 0. The summed E-state index contributed by atoms with van der Waals surface area (Å²) < 4.78 is 24.8. The zero-order chi connectivity index (χ0) is 13.7. The van der Waals surface area contributed by atoms with Crippen molar-refractivity contribution in [2.24, 2.45) is 5.92 Å². The molecule has 102 valence electrons. The van der Waals surface area contributed by atoms with Crippen molar-refractivity contribution in [1.29, 1.82) is 0 Å². The molecule has 0 aromatic rings. The summed E-state index contributed by atoms with van der Waals surface area (Å²) in [6, 6.07) is 0. The Kier molecular flexibility index (Phi) is 6.36. The molecule has 0 spiro atoms. The molecule has 0 aliphatic heterocycles. The van der Waals surface area contributed by atoms with Gasteiger partial charge in [-0.2, -0.15) is 0 Å². The van der Waals surface area contributed by atoms with Crippen molar-refractivity contribution in [3.8, 4) is 0 Å². The predicted octanol–water partition coefficient (Wildman–Crippen LogP) is 0.434. The van der Waals surface area contributed by atoms with Crippen LogP contribution in [0.15, 0.2) is 0 Å². The van der Waals surface area contributed by atoms with Gasteiger partial charge in [-0.05, 0) is 32.0 Å². The van der Waals surface area contributed by atoms with Crippen molar-refractivity contribution < 1.29 is 8.42 Å². The second kappa shape index (κ2) is 6.51. The van der Waals surface area contributed by atoms with Crippen LogP contribution in [0.3, 0.4) is 0 Å². The highest BCUT2D eigenvalue weighted by Crippen LogP contribution is 2.01. The van der Waals surface area contributed by atoms with Crippen LogP contribution in [0.1, 0.15) is 27.7 Å². The first-order valence-electron chi connectivity index (χ1n) is 5.52. The lowest BCUT2D eigenvalue weighted by molar-refractivity contribution is 0.447. The fraction of sp³-hybridized carbons (Fsp3) is 0.900. The Labute approximate surface area is 110 Å². The third-order valence-electron chi connectivity index (χ3n) is 1.82. The lowest BCUT2D eigenvalue weighted by Gasteiger charge is -2.26. The number of hydrogen-bond donors (Lipinski definition) is 3. The molecule has 0 rings (SSSR count). The standard InChI is InChI=1S/C10H23N3O2S2/c1-8(2)6-11-9(16)12-7-10(3,4)13-17(5,14)15/h8,13H,6-7H2,1-5H3,(H2,11,12,16). The zero-order valence-electron chi connectivity index (χ0n) is 11.1. The molecule has 0 aromatic heterocycles. The summed E-state index contributed by atoms with van der Waals surface area (Å²) in [5.74, 6) is 0.511. The molecule has 0 saturated heterocycles. The molecule has 0 radical (unpaired) electrons. The van der Waals surface area contributed by atoms with Gasteiger partial charge in [-0.25, -0.2) is 13.1 Å². The second-order valence-corrected chi connectivity index (χ2v) is 7.37. The summed E-state index contributed by atoms with van der Waals surface area (Å²) in [6.45, 7) is 9.00. The molecule has 17 heavy (non-hydrogen) atoms. The SMILES string of the molecule is CC(C)CNC(=S)NCC(C)(C)NS(C)(=O)=O. The quantitative estimate of drug-likeness (QED) is 0.616. The number of nitrogens with one attached hydrogen (secondary N) is 3. The van der Waals surface area contributed by atoms with Crippen LogP contribution in [-0.4, -0.2) is 38.4 Å². The van der Waals surface area contributed by atoms with E-state index in [2.05, 4.69) is 29.2 Å². The first kappa shape index (κ1) is 16.6. The van der Waals surface area contributed by atoms with Gasteiger partial charge in [0.15, 0.2) is 5.11 Å². The second-order valence-electron chi connectivity index (χ2n) is 5.22. The van der Waals surface area contributed by atoms with Crippen molar-refractivity contribution in [2.75, 3.05) is 19.3 Å². The van der Waals surface area contributed by atoms with Crippen LogP contribution in [0, 0.1) is 5.92 Å². The lowest BCUT2D eigenvalue weighted by atomic mass is 10.1. The van der Waals surface area contributed by atoms with E-state index in [1.54, 1.807) is 13.8 Å². The van der Waals surface area contributed by atoms with Gasteiger partial charge in [-0.3, -0.25) is 0 Å². The smallest absolute Gasteiger partial charge is 0.209 e. The van der Waals surface area contributed by atoms with Gasteiger partial charge in [0.05, 0.1) is 6.26 Å². The molecule has 0 aliphatic rings. The van der Waals surface area contributed by atoms with Crippen LogP contribution < -0.4 is 15.4 Å². The highest BCUT2D eigenvalue weighted by Gasteiger charge is 2.21. The fourth-order valence-electron chi connectivity index (χ4n) is 1.20. The molecule has 0 aromatic carbocycles. The molecule has 3 N–H and O–H groups in total. The number of rotatable bonds is 6. The summed E-state index contributed by atoms with van der Waals surface area (Å²) >= 11 is 5.08. The van der Waals surface area contributed by atoms with Crippen LogP contribution in [0.25, 0.3) is 0 Å². The maximum atomic E-state index is 11.1. The fourth-order valence-corrected chi connectivity index (χ4v) is 2.43. The van der Waals surface area contributed by atoms with Crippen molar-refractivity contribution in [3.63, 3.8) is 0 Å². The largest absolute Gasteiger partial charge is 0.362 e. The van der Waals surface area contributed by atoms with E-state index in [0.717, 1.165) is 12.8 Å². The van der Waals surface area contributed by atoms with Crippen molar-refractivity contribution in [3.05, 3.63) is 0 Å². The van der Waals surface area contributed by atoms with Crippen molar-refractivity contribution in [2.45, 2.75) is 33.2 Å². The minimum Gasteiger partial charge on any atom is -0.362 e. The monoisotopic (exact) mass is 281 g/mol.